The number of aromatic nitrogens is 2. The molecule has 1 aromatic heterocycles. The number of aliphatic hydroxyl groups excluding tert-OH is 1. The molecule has 7 heteroatoms. The van der Waals surface area contributed by atoms with Gasteiger partial charge in [0.25, 0.3) is 0 Å². The molecule has 35 heavy (non-hydrogen) atoms. The van der Waals surface area contributed by atoms with E-state index in [1.165, 1.54) is 11.1 Å². The molecule has 2 bridgehead atoms. The van der Waals surface area contributed by atoms with Gasteiger partial charge < -0.3 is 20.5 Å². The molecule has 2 aliphatic heterocycles. The Labute approximate surface area is 212 Å². The highest BCUT2D eigenvalue weighted by molar-refractivity contribution is 6.25. The number of hydrogen-bond acceptors (Lipinski definition) is 5. The number of nitrogen functional groups attached to an aromatic ring is 1. The Morgan fingerprint density at radius 1 is 1.20 bits per heavy atom. The van der Waals surface area contributed by atoms with Crippen molar-refractivity contribution in [1.29, 1.82) is 0 Å². The van der Waals surface area contributed by atoms with Gasteiger partial charge in [0.1, 0.15) is 0 Å². The van der Waals surface area contributed by atoms with Gasteiger partial charge >= 0.3 is 0 Å². The van der Waals surface area contributed by atoms with Crippen LogP contribution in [0.5, 0.6) is 0 Å². The fourth-order valence-corrected chi connectivity index (χ4v) is 9.74. The lowest BCUT2D eigenvalue weighted by Gasteiger charge is -2.64. The molecular formula is C28H37ClN4O2. The molecule has 5 aliphatic rings. The van der Waals surface area contributed by atoms with E-state index in [2.05, 4.69) is 60.4 Å². The van der Waals surface area contributed by atoms with Crippen LogP contribution in [0.15, 0.2) is 24.3 Å². The van der Waals surface area contributed by atoms with E-state index in [0.717, 1.165) is 62.3 Å². The van der Waals surface area contributed by atoms with Crippen LogP contribution >= 0.6 is 11.6 Å². The summed E-state index contributed by atoms with van der Waals surface area (Å²) >= 11 is 7.66. The minimum absolute atomic E-state index is 0.0120. The van der Waals surface area contributed by atoms with E-state index < -0.39 is 0 Å². The molecule has 2 saturated carbocycles. The Bertz CT molecular complexity index is 1240. The summed E-state index contributed by atoms with van der Waals surface area (Å²) in [6, 6.07) is 6.65. The number of hydrogen-bond donors (Lipinski definition) is 3. The summed E-state index contributed by atoms with van der Waals surface area (Å²) in [6.07, 6.45) is 9.90. The summed E-state index contributed by atoms with van der Waals surface area (Å²) in [6.45, 7) is 2.44. The number of anilines is 1. The van der Waals surface area contributed by atoms with Crippen LogP contribution in [0.2, 0.25) is 0 Å². The number of aliphatic hydroxyl groups is 1. The average Bonchev–Trinajstić information content (AvgIpc) is 3.48. The number of benzene rings is 1. The second-order valence-corrected chi connectivity index (χ2v) is 13.4. The van der Waals surface area contributed by atoms with E-state index in [4.69, 9.17) is 22.1 Å². The van der Waals surface area contributed by atoms with Crippen molar-refractivity contribution in [2.75, 3.05) is 19.8 Å². The zero-order valence-corrected chi connectivity index (χ0v) is 21.7. The number of likely N-dealkylation sites (N-methyl/N-ethyl adjacent to an activating group) is 1. The first-order chi connectivity index (χ1) is 16.6. The summed E-state index contributed by atoms with van der Waals surface area (Å²) in [5, 5.41) is 19.1. The number of ether oxygens (including phenoxy) is 1. The first-order valence-electron chi connectivity index (χ1n) is 13.3. The van der Waals surface area contributed by atoms with Gasteiger partial charge in [-0.2, -0.15) is 5.10 Å². The molecule has 0 amide bonds. The van der Waals surface area contributed by atoms with E-state index in [9.17, 15) is 5.11 Å². The van der Waals surface area contributed by atoms with Crippen molar-refractivity contribution in [2.24, 2.45) is 17.3 Å². The maximum Gasteiger partial charge on any atom is 0.153 e. The van der Waals surface area contributed by atoms with Crippen LogP contribution in [0.25, 0.3) is 16.5 Å². The lowest BCUT2D eigenvalue weighted by molar-refractivity contribution is -0.255. The third-order valence-electron chi connectivity index (χ3n) is 11.0. The standard InChI is InChI=1S/C28H37ClN4O2/c1-25-8-10-27(29)14-17-13-22(34)21(33(2)3)15-26(17)9-11-28(27,35-26)23(25)7-5-19(25)16-4-6-20-18(12-16)24(30)32-31-20/h4-6,12,17,21-23,34H,7-11,13-15H2,1-3H3,(H3,30,31,32)/t17?,21-,22?,23?,25?,26+,27?,28-/m0/s1. The van der Waals surface area contributed by atoms with Crippen LogP contribution < -0.4 is 5.73 Å². The molecule has 4 N–H and O–H groups in total. The normalized spacial score (nSPS) is 46.4. The smallest absolute Gasteiger partial charge is 0.153 e. The molecule has 2 spiro atoms. The van der Waals surface area contributed by atoms with Crippen LogP contribution in [-0.4, -0.2) is 62.5 Å². The Kier molecular flexibility index (Phi) is 4.54. The number of allylic oxidation sites excluding steroid dienone is 2. The number of aromatic amines is 1. The number of halogens is 1. The van der Waals surface area contributed by atoms with Crippen molar-refractivity contribution in [2.45, 2.75) is 86.5 Å². The Balaban J connectivity index is 1.27. The van der Waals surface area contributed by atoms with Gasteiger partial charge in [-0.15, -0.1) is 11.6 Å². The number of H-pyrrole nitrogens is 1. The highest BCUT2D eigenvalue weighted by Crippen LogP contribution is 2.73. The zero-order chi connectivity index (χ0) is 24.4. The van der Waals surface area contributed by atoms with Crippen molar-refractivity contribution in [3.8, 4) is 0 Å². The summed E-state index contributed by atoms with van der Waals surface area (Å²) in [5.41, 5.74) is 9.32. The lowest BCUT2D eigenvalue weighted by atomic mass is 9.52. The molecule has 4 fully saturated rings. The van der Waals surface area contributed by atoms with Crippen LogP contribution in [0, 0.1) is 17.3 Å². The minimum atomic E-state index is -0.352. The molecule has 2 aromatic rings. The van der Waals surface area contributed by atoms with E-state index in [0.29, 0.717) is 17.7 Å². The van der Waals surface area contributed by atoms with Crippen molar-refractivity contribution < 1.29 is 9.84 Å². The third kappa shape index (κ3) is 2.75. The molecule has 8 atom stereocenters. The predicted octanol–water partition coefficient (Wildman–Crippen LogP) is 4.72. The average molecular weight is 497 g/mol. The molecule has 3 aliphatic carbocycles. The highest BCUT2D eigenvalue weighted by Gasteiger charge is 2.75. The van der Waals surface area contributed by atoms with Gasteiger partial charge in [0.2, 0.25) is 0 Å². The van der Waals surface area contributed by atoms with Gasteiger partial charge in [-0.1, -0.05) is 19.1 Å². The van der Waals surface area contributed by atoms with Crippen LogP contribution in [0.3, 0.4) is 0 Å². The van der Waals surface area contributed by atoms with E-state index in [1.807, 2.05) is 0 Å². The molecule has 188 valence electrons. The summed E-state index contributed by atoms with van der Waals surface area (Å²) < 4.78 is 7.41. The predicted molar refractivity (Wildman–Crippen MR) is 139 cm³/mol. The summed E-state index contributed by atoms with van der Waals surface area (Å²) in [7, 11) is 4.16. The van der Waals surface area contributed by atoms with Crippen molar-refractivity contribution >= 4 is 33.9 Å². The number of rotatable bonds is 2. The number of fused-ring (bicyclic) bond motifs is 2. The minimum Gasteiger partial charge on any atom is -0.391 e. The lowest BCUT2D eigenvalue weighted by Crippen LogP contribution is -2.69. The molecule has 6 nitrogen and oxygen atoms in total. The van der Waals surface area contributed by atoms with Gasteiger partial charge in [-0.05, 0) is 100 Å². The maximum absolute atomic E-state index is 10.9. The summed E-state index contributed by atoms with van der Waals surface area (Å²) in [4.78, 5) is 1.83. The quantitative estimate of drug-likeness (QED) is 0.524. The molecule has 3 heterocycles. The Hall–Kier alpha value is -1.60. The first-order valence-corrected chi connectivity index (χ1v) is 13.7. The van der Waals surface area contributed by atoms with Gasteiger partial charge in [0.15, 0.2) is 5.82 Å². The molecule has 1 aromatic carbocycles. The van der Waals surface area contributed by atoms with E-state index >= 15 is 0 Å². The largest absolute Gasteiger partial charge is 0.391 e. The zero-order valence-electron chi connectivity index (χ0n) is 21.0. The van der Waals surface area contributed by atoms with Crippen LogP contribution in [0.1, 0.15) is 63.9 Å². The first kappa shape index (κ1) is 22.6. The Morgan fingerprint density at radius 2 is 2.03 bits per heavy atom. The fourth-order valence-electron chi connectivity index (χ4n) is 9.20. The van der Waals surface area contributed by atoms with Crippen LogP contribution in [-0.2, 0) is 4.74 Å². The molecule has 2 saturated heterocycles. The van der Waals surface area contributed by atoms with Crippen molar-refractivity contribution in [3.63, 3.8) is 0 Å². The fraction of sp³-hybridized carbons (Fsp3) is 0.679. The molecule has 5 unspecified atom stereocenters. The van der Waals surface area contributed by atoms with Gasteiger partial charge in [0.05, 0.1) is 27.7 Å². The molecule has 0 radical (unpaired) electrons. The second-order valence-electron chi connectivity index (χ2n) is 12.7. The number of nitrogens with one attached hydrogen (secondary N) is 1. The van der Waals surface area contributed by atoms with Gasteiger partial charge in [-0.3, -0.25) is 5.10 Å². The maximum atomic E-state index is 10.9. The summed E-state index contributed by atoms with van der Waals surface area (Å²) in [5.74, 6) is 1.25. The van der Waals surface area contributed by atoms with Gasteiger partial charge in [-0.25, -0.2) is 0 Å². The van der Waals surface area contributed by atoms with Crippen molar-refractivity contribution in [3.05, 3.63) is 29.8 Å². The topological polar surface area (TPSA) is 87.4 Å². The third-order valence-corrected chi connectivity index (χ3v) is 11.7. The SMILES string of the molecule is CN(C)[C@H]1C[C@@]23CC[C@]4(O2)C2CC=C(c5ccc6[nH]nc(N)c6c5)C2(C)CCC4(Cl)CC3CC1O. The highest BCUT2D eigenvalue weighted by atomic mass is 35.5. The molecular weight excluding hydrogens is 460 g/mol. The van der Waals surface area contributed by atoms with E-state index in [1.54, 1.807) is 0 Å². The Morgan fingerprint density at radius 3 is 2.83 bits per heavy atom. The van der Waals surface area contributed by atoms with Gasteiger partial charge in [0, 0.05) is 17.3 Å². The van der Waals surface area contributed by atoms with E-state index in [-0.39, 0.29) is 33.6 Å². The number of alkyl halides is 1. The molecule has 7 rings (SSSR count). The van der Waals surface area contributed by atoms with Crippen molar-refractivity contribution in [1.82, 2.24) is 15.1 Å². The van der Waals surface area contributed by atoms with Crippen LogP contribution in [0.4, 0.5) is 5.82 Å². The number of nitrogens with zero attached hydrogens (tertiary/aromatic N) is 2. The number of nitrogens with two attached hydrogens (primary N) is 1. The monoisotopic (exact) mass is 496 g/mol. The second kappa shape index (κ2) is 7.03.